The van der Waals surface area contributed by atoms with Crippen LogP contribution < -0.4 is 0 Å². The monoisotopic (exact) mass is 247 g/mol. The summed E-state index contributed by atoms with van der Waals surface area (Å²) >= 11 is 2.41. The van der Waals surface area contributed by atoms with Gasteiger partial charge < -0.3 is 0 Å². The van der Waals surface area contributed by atoms with E-state index in [-0.39, 0.29) is 0 Å². The van der Waals surface area contributed by atoms with Crippen molar-refractivity contribution >= 4 is 22.6 Å². The Balaban J connectivity index is 2.59. The van der Waals surface area contributed by atoms with Crippen LogP contribution in [-0.2, 0) is 6.42 Å². The van der Waals surface area contributed by atoms with Crippen LogP contribution in [0.4, 0.5) is 0 Å². The van der Waals surface area contributed by atoms with E-state index < -0.39 is 0 Å². The van der Waals surface area contributed by atoms with Gasteiger partial charge in [-0.25, -0.2) is 0 Å². The van der Waals surface area contributed by atoms with Crippen LogP contribution in [0.2, 0.25) is 0 Å². The third kappa shape index (κ3) is 2.64. The summed E-state index contributed by atoms with van der Waals surface area (Å²) in [6, 6.07) is 6.04. The third-order valence-corrected chi connectivity index (χ3v) is 1.66. The first-order valence-electron chi connectivity index (χ1n) is 3.33. The maximum absolute atomic E-state index is 4.21. The van der Waals surface area contributed by atoms with E-state index in [1.807, 2.05) is 18.3 Å². The molecule has 54 valence electrons. The van der Waals surface area contributed by atoms with Crippen molar-refractivity contribution in [3.05, 3.63) is 30.1 Å². The van der Waals surface area contributed by atoms with E-state index in [0.717, 1.165) is 6.42 Å². The van der Waals surface area contributed by atoms with Gasteiger partial charge in [0.1, 0.15) is 0 Å². The van der Waals surface area contributed by atoms with Crippen molar-refractivity contribution in [3.8, 4) is 0 Å². The van der Waals surface area contributed by atoms with Crippen LogP contribution in [0.25, 0.3) is 0 Å². The standard InChI is InChI=1S/C8H10IN/c1-7(9)6-8-4-2-3-5-10-8/h2-5,7H,6H2,1H3. The number of nitrogens with zero attached hydrogens (tertiary/aromatic N) is 1. The Morgan fingerprint density at radius 2 is 2.40 bits per heavy atom. The van der Waals surface area contributed by atoms with E-state index >= 15 is 0 Å². The lowest BCUT2D eigenvalue weighted by atomic mass is 10.2. The fourth-order valence-corrected chi connectivity index (χ4v) is 1.26. The molecule has 1 atom stereocenters. The summed E-state index contributed by atoms with van der Waals surface area (Å²) in [7, 11) is 0. The zero-order chi connectivity index (χ0) is 7.40. The molecule has 0 aromatic carbocycles. The molecule has 0 saturated carbocycles. The third-order valence-electron chi connectivity index (χ3n) is 1.22. The van der Waals surface area contributed by atoms with Crippen LogP contribution >= 0.6 is 22.6 Å². The van der Waals surface area contributed by atoms with E-state index in [2.05, 4.69) is 40.6 Å². The molecule has 0 saturated heterocycles. The lowest BCUT2D eigenvalue weighted by molar-refractivity contribution is 0.927. The Morgan fingerprint density at radius 3 is 2.90 bits per heavy atom. The highest BCUT2D eigenvalue weighted by atomic mass is 127. The maximum Gasteiger partial charge on any atom is 0.0413 e. The van der Waals surface area contributed by atoms with Crippen molar-refractivity contribution in [3.63, 3.8) is 0 Å². The van der Waals surface area contributed by atoms with Crippen molar-refractivity contribution in [2.45, 2.75) is 17.3 Å². The fraction of sp³-hybridized carbons (Fsp3) is 0.375. The molecule has 1 heterocycles. The number of pyridine rings is 1. The average Bonchev–Trinajstić information content (AvgIpc) is 1.88. The second kappa shape index (κ2) is 3.91. The zero-order valence-corrected chi connectivity index (χ0v) is 8.08. The quantitative estimate of drug-likeness (QED) is 0.577. The molecule has 0 aliphatic heterocycles. The highest BCUT2D eigenvalue weighted by Gasteiger charge is 1.97. The van der Waals surface area contributed by atoms with Gasteiger partial charge in [-0.2, -0.15) is 0 Å². The van der Waals surface area contributed by atoms with E-state index in [0.29, 0.717) is 3.92 Å². The van der Waals surface area contributed by atoms with Crippen LogP contribution in [-0.4, -0.2) is 8.91 Å². The van der Waals surface area contributed by atoms with E-state index in [1.165, 1.54) is 5.69 Å². The second-order valence-electron chi connectivity index (χ2n) is 2.31. The van der Waals surface area contributed by atoms with Crippen molar-refractivity contribution in [2.24, 2.45) is 0 Å². The molecule has 0 bridgehead atoms. The number of halogens is 1. The zero-order valence-electron chi connectivity index (χ0n) is 5.92. The molecule has 1 rings (SSSR count). The smallest absolute Gasteiger partial charge is 0.0413 e. The van der Waals surface area contributed by atoms with Gasteiger partial charge in [-0.15, -0.1) is 0 Å². The predicted octanol–water partition coefficient (Wildman–Crippen LogP) is 2.45. The lowest BCUT2D eigenvalue weighted by Crippen LogP contribution is -1.97. The number of rotatable bonds is 2. The number of hydrogen-bond acceptors (Lipinski definition) is 1. The van der Waals surface area contributed by atoms with Gasteiger partial charge >= 0.3 is 0 Å². The summed E-state index contributed by atoms with van der Waals surface area (Å²) in [6.45, 7) is 2.19. The SMILES string of the molecule is CC(I)Cc1ccccn1. The molecule has 0 aliphatic rings. The Kier molecular flexibility index (Phi) is 3.12. The van der Waals surface area contributed by atoms with Gasteiger partial charge in [0.2, 0.25) is 0 Å². The van der Waals surface area contributed by atoms with Gasteiger partial charge in [-0.1, -0.05) is 35.6 Å². The minimum absolute atomic E-state index is 0.674. The summed E-state index contributed by atoms with van der Waals surface area (Å²) in [5.41, 5.74) is 1.18. The van der Waals surface area contributed by atoms with Crippen LogP contribution in [0.3, 0.4) is 0 Å². The largest absolute Gasteiger partial charge is 0.261 e. The van der Waals surface area contributed by atoms with Gasteiger partial charge in [0.25, 0.3) is 0 Å². The molecule has 1 aromatic heterocycles. The van der Waals surface area contributed by atoms with Gasteiger partial charge in [0.05, 0.1) is 0 Å². The molecule has 1 nitrogen and oxygen atoms in total. The van der Waals surface area contributed by atoms with Gasteiger partial charge in [-0.3, -0.25) is 4.98 Å². The molecule has 0 fully saturated rings. The Hall–Kier alpha value is -0.120. The van der Waals surface area contributed by atoms with E-state index in [9.17, 15) is 0 Å². The fourth-order valence-electron chi connectivity index (χ4n) is 0.807. The molecule has 1 unspecified atom stereocenters. The first-order valence-corrected chi connectivity index (χ1v) is 4.57. The van der Waals surface area contributed by atoms with Crippen molar-refractivity contribution in [1.29, 1.82) is 0 Å². The number of aromatic nitrogens is 1. The van der Waals surface area contributed by atoms with Crippen molar-refractivity contribution in [1.82, 2.24) is 4.98 Å². The second-order valence-corrected chi connectivity index (χ2v) is 4.43. The van der Waals surface area contributed by atoms with Crippen molar-refractivity contribution < 1.29 is 0 Å². The van der Waals surface area contributed by atoms with Crippen LogP contribution in [0, 0.1) is 0 Å². The molecular formula is C8H10IN. The van der Waals surface area contributed by atoms with Gasteiger partial charge in [-0.05, 0) is 12.1 Å². The van der Waals surface area contributed by atoms with Crippen LogP contribution in [0.15, 0.2) is 24.4 Å². The first kappa shape index (κ1) is 7.98. The summed E-state index contributed by atoms with van der Waals surface area (Å²) in [5, 5.41) is 0. The Bertz CT molecular complexity index is 184. The average molecular weight is 247 g/mol. The van der Waals surface area contributed by atoms with E-state index in [1.54, 1.807) is 0 Å². The summed E-state index contributed by atoms with van der Waals surface area (Å²) in [4.78, 5) is 4.21. The molecule has 10 heavy (non-hydrogen) atoms. The van der Waals surface area contributed by atoms with Crippen LogP contribution in [0.1, 0.15) is 12.6 Å². The minimum Gasteiger partial charge on any atom is -0.261 e. The highest BCUT2D eigenvalue weighted by Crippen LogP contribution is 2.06. The topological polar surface area (TPSA) is 12.9 Å². The molecule has 0 amide bonds. The van der Waals surface area contributed by atoms with Gasteiger partial charge in [0.15, 0.2) is 0 Å². The normalized spacial score (nSPS) is 13.0. The highest BCUT2D eigenvalue weighted by molar-refractivity contribution is 14.1. The predicted molar refractivity (Wildman–Crippen MR) is 51.4 cm³/mol. The molecular weight excluding hydrogens is 237 g/mol. The van der Waals surface area contributed by atoms with Crippen molar-refractivity contribution in [2.75, 3.05) is 0 Å². The number of hydrogen-bond donors (Lipinski definition) is 0. The first-order chi connectivity index (χ1) is 4.79. The summed E-state index contributed by atoms with van der Waals surface area (Å²) in [6.07, 6.45) is 2.91. The Labute approximate surface area is 75.0 Å². The molecule has 1 aromatic rings. The minimum atomic E-state index is 0.674. The van der Waals surface area contributed by atoms with E-state index in [4.69, 9.17) is 0 Å². The lowest BCUT2D eigenvalue weighted by Gasteiger charge is -2.00. The van der Waals surface area contributed by atoms with Crippen LogP contribution in [0.5, 0.6) is 0 Å². The summed E-state index contributed by atoms with van der Waals surface area (Å²) < 4.78 is 0.674. The molecule has 0 radical (unpaired) electrons. The molecule has 0 spiro atoms. The molecule has 0 aliphatic carbocycles. The Morgan fingerprint density at radius 1 is 1.60 bits per heavy atom. The number of alkyl halides is 1. The molecule has 2 heteroatoms. The summed E-state index contributed by atoms with van der Waals surface area (Å²) in [5.74, 6) is 0. The van der Waals surface area contributed by atoms with Gasteiger partial charge in [0, 0.05) is 22.2 Å². The molecule has 0 N–H and O–H groups in total. The maximum atomic E-state index is 4.21.